The zero-order chi connectivity index (χ0) is 11.6. The van der Waals surface area contributed by atoms with Crippen molar-refractivity contribution in [2.24, 2.45) is 0 Å². The van der Waals surface area contributed by atoms with Crippen LogP contribution in [0.4, 0.5) is 0 Å². The number of hydrogen-bond acceptors (Lipinski definition) is 1. The molecule has 1 saturated carbocycles. The van der Waals surface area contributed by atoms with E-state index in [-0.39, 0.29) is 5.60 Å². The minimum Gasteiger partial charge on any atom is -0.352 e. The molecule has 0 spiro atoms. The first kappa shape index (κ1) is 10.9. The highest BCUT2D eigenvalue weighted by atomic mass is 16.6. The van der Waals surface area contributed by atoms with Gasteiger partial charge >= 0.3 is 0 Å². The summed E-state index contributed by atoms with van der Waals surface area (Å²) in [6, 6.07) is 10.2. The molecule has 2 fully saturated rings. The van der Waals surface area contributed by atoms with E-state index in [9.17, 15) is 0 Å². The molecule has 0 bridgehead atoms. The predicted octanol–water partition coefficient (Wildman–Crippen LogP) is 3.53. The van der Waals surface area contributed by atoms with Gasteiger partial charge in [-0.05, 0) is 31.4 Å². The predicted molar refractivity (Wildman–Crippen MR) is 68.6 cm³/mol. The third-order valence-electron chi connectivity index (χ3n) is 3.77. The zero-order valence-corrected chi connectivity index (χ0v) is 10.1. The van der Waals surface area contributed by atoms with Crippen LogP contribution < -0.4 is 0 Å². The van der Waals surface area contributed by atoms with Crippen LogP contribution >= 0.6 is 0 Å². The van der Waals surface area contributed by atoms with Crippen molar-refractivity contribution in [3.05, 3.63) is 35.9 Å². The van der Waals surface area contributed by atoms with Crippen LogP contribution in [-0.2, 0) is 4.74 Å². The molecule has 0 aromatic heterocycles. The second-order valence-corrected chi connectivity index (χ2v) is 5.06. The first-order valence-electron chi connectivity index (χ1n) is 6.65. The Bertz CT molecular complexity index is 440. The normalized spacial score (nSPS) is 31.4. The van der Waals surface area contributed by atoms with Crippen LogP contribution in [0, 0.1) is 11.8 Å². The van der Waals surface area contributed by atoms with Gasteiger partial charge in [-0.3, -0.25) is 0 Å². The summed E-state index contributed by atoms with van der Waals surface area (Å²) < 4.78 is 5.87. The van der Waals surface area contributed by atoms with Crippen LogP contribution in [0.15, 0.2) is 30.3 Å². The SMILES string of the molecule is C(#CC12CCCCCCC1O2)c1ccccc1. The lowest BCUT2D eigenvalue weighted by Crippen LogP contribution is -2.14. The Hall–Kier alpha value is -1.26. The first-order valence-corrected chi connectivity index (χ1v) is 6.65. The van der Waals surface area contributed by atoms with Gasteiger partial charge < -0.3 is 4.74 Å². The van der Waals surface area contributed by atoms with Crippen molar-refractivity contribution in [1.29, 1.82) is 0 Å². The molecule has 17 heavy (non-hydrogen) atoms. The largest absolute Gasteiger partial charge is 0.352 e. The number of hydrogen-bond donors (Lipinski definition) is 0. The minimum absolute atomic E-state index is 0.0870. The smallest absolute Gasteiger partial charge is 0.155 e. The van der Waals surface area contributed by atoms with Gasteiger partial charge in [0, 0.05) is 5.56 Å². The van der Waals surface area contributed by atoms with Gasteiger partial charge in [0.15, 0.2) is 5.60 Å². The van der Waals surface area contributed by atoms with Crippen molar-refractivity contribution >= 4 is 0 Å². The standard InChI is InChI=1S/C16H18O/c1-2-7-12-16(15(17-16)10-6-1)13-11-14-8-4-3-5-9-14/h3-5,8-9,15H,1-2,6-7,10,12H2. The molecule has 1 heteroatoms. The highest BCUT2D eigenvalue weighted by Crippen LogP contribution is 2.45. The van der Waals surface area contributed by atoms with Crippen LogP contribution in [0.1, 0.15) is 44.1 Å². The van der Waals surface area contributed by atoms with E-state index in [0.29, 0.717) is 6.10 Å². The lowest BCUT2D eigenvalue weighted by atomic mass is 9.91. The van der Waals surface area contributed by atoms with Crippen LogP contribution in [0.25, 0.3) is 0 Å². The van der Waals surface area contributed by atoms with Gasteiger partial charge in [-0.25, -0.2) is 0 Å². The van der Waals surface area contributed by atoms with E-state index >= 15 is 0 Å². The van der Waals surface area contributed by atoms with E-state index in [1.165, 1.54) is 32.1 Å². The van der Waals surface area contributed by atoms with Crippen molar-refractivity contribution in [1.82, 2.24) is 0 Å². The fourth-order valence-electron chi connectivity index (χ4n) is 2.67. The lowest BCUT2D eigenvalue weighted by molar-refractivity contribution is 0.322. The van der Waals surface area contributed by atoms with Crippen molar-refractivity contribution in [2.45, 2.75) is 50.2 Å². The molecule has 1 aromatic rings. The Labute approximate surface area is 103 Å². The Kier molecular flexibility index (Phi) is 2.91. The Morgan fingerprint density at radius 1 is 1.06 bits per heavy atom. The topological polar surface area (TPSA) is 12.5 Å². The molecule has 0 N–H and O–H groups in total. The fourth-order valence-corrected chi connectivity index (χ4v) is 2.67. The minimum atomic E-state index is -0.0870. The lowest BCUT2D eigenvalue weighted by Gasteiger charge is -2.09. The third kappa shape index (κ3) is 2.37. The monoisotopic (exact) mass is 226 g/mol. The molecule has 0 amide bonds. The number of benzene rings is 1. The van der Waals surface area contributed by atoms with Gasteiger partial charge in [-0.1, -0.05) is 49.3 Å². The summed E-state index contributed by atoms with van der Waals surface area (Å²) in [4.78, 5) is 0. The summed E-state index contributed by atoms with van der Waals surface area (Å²) in [6.07, 6.45) is 8.01. The van der Waals surface area contributed by atoms with Crippen molar-refractivity contribution in [2.75, 3.05) is 0 Å². The molecule has 1 aromatic carbocycles. The van der Waals surface area contributed by atoms with Crippen LogP contribution in [0.3, 0.4) is 0 Å². The van der Waals surface area contributed by atoms with Crippen LogP contribution in [-0.4, -0.2) is 11.7 Å². The van der Waals surface area contributed by atoms with Crippen LogP contribution in [0.5, 0.6) is 0 Å². The average molecular weight is 226 g/mol. The van der Waals surface area contributed by atoms with Gasteiger partial charge in [0.2, 0.25) is 0 Å². The van der Waals surface area contributed by atoms with Crippen molar-refractivity contribution in [3.63, 3.8) is 0 Å². The highest BCUT2D eigenvalue weighted by Gasteiger charge is 2.54. The number of epoxide rings is 1. The first-order chi connectivity index (χ1) is 8.39. The molecule has 1 saturated heterocycles. The van der Waals surface area contributed by atoms with Crippen molar-refractivity contribution in [3.8, 4) is 11.8 Å². The molecule has 2 unspecified atom stereocenters. The molecule has 1 heterocycles. The molecule has 1 nitrogen and oxygen atoms in total. The number of fused-ring (bicyclic) bond motifs is 1. The molecular weight excluding hydrogens is 208 g/mol. The summed E-state index contributed by atoms with van der Waals surface area (Å²) in [6.45, 7) is 0. The second kappa shape index (κ2) is 4.55. The van der Waals surface area contributed by atoms with E-state index in [2.05, 4.69) is 24.0 Å². The summed E-state index contributed by atoms with van der Waals surface area (Å²) in [7, 11) is 0. The molecule has 1 aliphatic heterocycles. The maximum atomic E-state index is 5.87. The van der Waals surface area contributed by atoms with E-state index in [4.69, 9.17) is 4.74 Å². The van der Waals surface area contributed by atoms with Gasteiger partial charge in [-0.15, -0.1) is 0 Å². The number of ether oxygens (including phenoxy) is 1. The molecule has 3 rings (SSSR count). The Morgan fingerprint density at radius 3 is 2.76 bits per heavy atom. The highest BCUT2D eigenvalue weighted by molar-refractivity contribution is 5.38. The Morgan fingerprint density at radius 2 is 1.88 bits per heavy atom. The molecular formula is C16H18O. The quantitative estimate of drug-likeness (QED) is 0.487. The summed E-state index contributed by atoms with van der Waals surface area (Å²) in [5.74, 6) is 6.65. The van der Waals surface area contributed by atoms with Crippen molar-refractivity contribution < 1.29 is 4.74 Å². The van der Waals surface area contributed by atoms with Gasteiger partial charge in [0.1, 0.15) is 0 Å². The number of rotatable bonds is 0. The van der Waals surface area contributed by atoms with Crippen LogP contribution in [0.2, 0.25) is 0 Å². The summed E-state index contributed by atoms with van der Waals surface area (Å²) >= 11 is 0. The van der Waals surface area contributed by atoms with E-state index in [0.717, 1.165) is 12.0 Å². The molecule has 1 aliphatic carbocycles. The van der Waals surface area contributed by atoms with E-state index in [1.807, 2.05) is 18.2 Å². The molecule has 0 radical (unpaired) electrons. The maximum absolute atomic E-state index is 5.87. The zero-order valence-electron chi connectivity index (χ0n) is 10.1. The summed E-state index contributed by atoms with van der Waals surface area (Å²) in [5.41, 5.74) is 1.01. The Balaban J connectivity index is 1.74. The second-order valence-electron chi connectivity index (χ2n) is 5.06. The van der Waals surface area contributed by atoms with Gasteiger partial charge in [0.25, 0.3) is 0 Å². The van der Waals surface area contributed by atoms with E-state index < -0.39 is 0 Å². The van der Waals surface area contributed by atoms with Gasteiger partial charge in [0.05, 0.1) is 6.10 Å². The summed E-state index contributed by atoms with van der Waals surface area (Å²) in [5, 5.41) is 0. The van der Waals surface area contributed by atoms with Gasteiger partial charge in [-0.2, -0.15) is 0 Å². The maximum Gasteiger partial charge on any atom is 0.155 e. The average Bonchev–Trinajstić information content (AvgIpc) is 3.01. The fraction of sp³-hybridized carbons (Fsp3) is 0.500. The van der Waals surface area contributed by atoms with E-state index in [1.54, 1.807) is 0 Å². The molecule has 88 valence electrons. The third-order valence-corrected chi connectivity index (χ3v) is 3.77. The molecule has 2 atom stereocenters. The molecule has 2 aliphatic rings.